The summed E-state index contributed by atoms with van der Waals surface area (Å²) in [6.07, 6.45) is 1.84. The number of rotatable bonds is 4. The molecule has 0 saturated carbocycles. The summed E-state index contributed by atoms with van der Waals surface area (Å²) in [6.45, 7) is 0.662. The second-order valence-corrected chi connectivity index (χ2v) is 6.45. The number of hydrogen-bond donors (Lipinski definition) is 0. The third-order valence-electron chi connectivity index (χ3n) is 4.02. The van der Waals surface area contributed by atoms with Gasteiger partial charge in [-0.2, -0.15) is 0 Å². The minimum atomic E-state index is -0.329. The summed E-state index contributed by atoms with van der Waals surface area (Å²) in [6, 6.07) is 15.5. The molecule has 25 heavy (non-hydrogen) atoms. The van der Waals surface area contributed by atoms with Gasteiger partial charge in [-0.15, -0.1) is 11.3 Å². The van der Waals surface area contributed by atoms with E-state index in [1.807, 2.05) is 42.0 Å². The molecule has 6 heteroatoms. The number of benzene rings is 2. The van der Waals surface area contributed by atoms with Gasteiger partial charge in [0.05, 0.1) is 34.1 Å². The topological polar surface area (TPSA) is 57.0 Å². The lowest BCUT2D eigenvalue weighted by Crippen LogP contribution is -2.04. The van der Waals surface area contributed by atoms with Crippen LogP contribution in [0.2, 0.25) is 0 Å². The van der Waals surface area contributed by atoms with Crippen LogP contribution in [-0.2, 0) is 11.3 Å². The number of carbonyl (C=O) groups excluding carboxylic acids is 1. The van der Waals surface area contributed by atoms with E-state index in [9.17, 15) is 4.79 Å². The normalized spacial score (nSPS) is 10.9. The van der Waals surface area contributed by atoms with Crippen molar-refractivity contribution in [3.8, 4) is 10.7 Å². The number of para-hydroxylation sites is 2. The molecule has 0 aliphatic rings. The van der Waals surface area contributed by atoms with Crippen molar-refractivity contribution in [3.05, 3.63) is 71.4 Å². The maximum atomic E-state index is 11.6. The Hall–Kier alpha value is -2.99. The third-order valence-corrected chi connectivity index (χ3v) is 4.79. The first-order valence-corrected chi connectivity index (χ1v) is 8.65. The average Bonchev–Trinajstić information content (AvgIpc) is 3.30. The molecule has 0 amide bonds. The average molecular weight is 349 g/mol. The Kier molecular flexibility index (Phi) is 4.03. The van der Waals surface area contributed by atoms with Crippen LogP contribution in [0.4, 0.5) is 0 Å². The molecule has 0 unspecified atom stereocenters. The number of aromatic nitrogens is 3. The summed E-state index contributed by atoms with van der Waals surface area (Å²) in [5, 5.41) is 0. The summed E-state index contributed by atoms with van der Waals surface area (Å²) in [4.78, 5) is 21.6. The Morgan fingerprint density at radius 2 is 1.96 bits per heavy atom. The van der Waals surface area contributed by atoms with Crippen LogP contribution in [0, 0.1) is 0 Å². The lowest BCUT2D eigenvalue weighted by Gasteiger charge is -2.09. The summed E-state index contributed by atoms with van der Waals surface area (Å²) in [7, 11) is 1.38. The molecule has 0 radical (unpaired) electrons. The number of methoxy groups -OCH3 is 1. The second-order valence-electron chi connectivity index (χ2n) is 5.56. The first-order valence-electron chi connectivity index (χ1n) is 7.77. The van der Waals surface area contributed by atoms with E-state index in [0.29, 0.717) is 12.1 Å². The van der Waals surface area contributed by atoms with Crippen LogP contribution < -0.4 is 0 Å². The van der Waals surface area contributed by atoms with Gasteiger partial charge < -0.3 is 9.30 Å². The molecule has 0 N–H and O–H groups in total. The molecule has 0 saturated heterocycles. The maximum Gasteiger partial charge on any atom is 0.337 e. The fourth-order valence-electron chi connectivity index (χ4n) is 2.80. The highest BCUT2D eigenvalue weighted by Crippen LogP contribution is 2.28. The van der Waals surface area contributed by atoms with Gasteiger partial charge in [0.2, 0.25) is 0 Å². The van der Waals surface area contributed by atoms with Crippen LogP contribution in [0.3, 0.4) is 0 Å². The number of carbonyl (C=O) groups is 1. The summed E-state index contributed by atoms with van der Waals surface area (Å²) >= 11 is 1.57. The summed E-state index contributed by atoms with van der Waals surface area (Å²) < 4.78 is 6.92. The molecule has 0 bridgehead atoms. The summed E-state index contributed by atoms with van der Waals surface area (Å²) in [5.41, 5.74) is 5.47. The Bertz CT molecular complexity index is 1020. The van der Waals surface area contributed by atoms with Gasteiger partial charge in [0.25, 0.3) is 0 Å². The van der Waals surface area contributed by atoms with Crippen LogP contribution >= 0.6 is 11.3 Å². The van der Waals surface area contributed by atoms with E-state index in [-0.39, 0.29) is 5.97 Å². The Balaban J connectivity index is 1.76. The van der Waals surface area contributed by atoms with Crippen molar-refractivity contribution in [3.63, 3.8) is 0 Å². The molecule has 5 nitrogen and oxygen atoms in total. The lowest BCUT2D eigenvalue weighted by atomic mass is 10.1. The van der Waals surface area contributed by atoms with E-state index in [2.05, 4.69) is 15.6 Å². The Morgan fingerprint density at radius 1 is 1.16 bits per heavy atom. The number of fused-ring (bicyclic) bond motifs is 1. The highest BCUT2D eigenvalue weighted by atomic mass is 32.1. The summed E-state index contributed by atoms with van der Waals surface area (Å²) in [5.74, 6) is 0.575. The number of imidazole rings is 1. The van der Waals surface area contributed by atoms with E-state index in [1.54, 1.807) is 23.5 Å². The fraction of sp³-hybridized carbons (Fsp3) is 0.105. The Labute approximate surface area is 148 Å². The first-order chi connectivity index (χ1) is 12.3. The van der Waals surface area contributed by atoms with Crippen molar-refractivity contribution in [2.75, 3.05) is 7.11 Å². The van der Waals surface area contributed by atoms with Gasteiger partial charge in [-0.1, -0.05) is 24.3 Å². The zero-order chi connectivity index (χ0) is 17.2. The van der Waals surface area contributed by atoms with Crippen molar-refractivity contribution in [1.29, 1.82) is 0 Å². The third kappa shape index (κ3) is 2.92. The molecule has 2 heterocycles. The quantitative estimate of drug-likeness (QED) is 0.523. The number of ether oxygens (including phenoxy) is 1. The van der Waals surface area contributed by atoms with Gasteiger partial charge in [-0.05, 0) is 29.8 Å². The van der Waals surface area contributed by atoms with E-state index >= 15 is 0 Å². The van der Waals surface area contributed by atoms with Crippen molar-refractivity contribution in [2.24, 2.45) is 0 Å². The first kappa shape index (κ1) is 15.5. The molecule has 4 rings (SSSR count). The molecule has 124 valence electrons. The van der Waals surface area contributed by atoms with E-state index in [1.165, 1.54) is 7.11 Å². The largest absolute Gasteiger partial charge is 0.465 e. The number of hydrogen-bond acceptors (Lipinski definition) is 5. The predicted octanol–water partition coefficient (Wildman–Crippen LogP) is 3.99. The Morgan fingerprint density at radius 3 is 2.68 bits per heavy atom. The van der Waals surface area contributed by atoms with Crippen molar-refractivity contribution >= 4 is 28.3 Å². The number of esters is 1. The SMILES string of the molecule is COC(=O)c1ccc(Cn2c(-c3cncs3)nc3ccccc32)cc1. The second kappa shape index (κ2) is 6.49. The van der Waals surface area contributed by atoms with Crippen LogP contribution in [0.25, 0.3) is 21.7 Å². The zero-order valence-electron chi connectivity index (χ0n) is 13.5. The number of nitrogens with zero attached hydrogens (tertiary/aromatic N) is 3. The van der Waals surface area contributed by atoms with Crippen molar-refractivity contribution < 1.29 is 9.53 Å². The van der Waals surface area contributed by atoms with Gasteiger partial charge in [0.1, 0.15) is 0 Å². The molecule has 0 aliphatic carbocycles. The fourth-order valence-corrected chi connectivity index (χ4v) is 3.41. The zero-order valence-corrected chi connectivity index (χ0v) is 14.4. The highest BCUT2D eigenvalue weighted by Gasteiger charge is 2.14. The predicted molar refractivity (Wildman–Crippen MR) is 97.7 cm³/mol. The van der Waals surface area contributed by atoms with Crippen LogP contribution in [-0.4, -0.2) is 27.6 Å². The lowest BCUT2D eigenvalue weighted by molar-refractivity contribution is 0.0600. The highest BCUT2D eigenvalue weighted by molar-refractivity contribution is 7.13. The molecule has 4 aromatic rings. The van der Waals surface area contributed by atoms with E-state index in [0.717, 1.165) is 27.3 Å². The van der Waals surface area contributed by atoms with Gasteiger partial charge >= 0.3 is 5.97 Å². The van der Waals surface area contributed by atoms with Gasteiger partial charge in [-0.25, -0.2) is 9.78 Å². The number of thiazole rings is 1. The molecule has 0 spiro atoms. The molecule has 2 aromatic heterocycles. The van der Waals surface area contributed by atoms with Gasteiger partial charge in [-0.3, -0.25) is 4.98 Å². The van der Waals surface area contributed by atoms with Crippen LogP contribution in [0.1, 0.15) is 15.9 Å². The standard InChI is InChI=1S/C19H15N3O2S/c1-24-19(23)14-8-6-13(7-9-14)11-22-16-5-3-2-4-15(16)21-18(22)17-10-20-12-25-17/h2-10,12H,11H2,1H3. The smallest absolute Gasteiger partial charge is 0.337 e. The minimum Gasteiger partial charge on any atom is -0.465 e. The van der Waals surface area contributed by atoms with Crippen LogP contribution in [0.5, 0.6) is 0 Å². The monoisotopic (exact) mass is 349 g/mol. The van der Waals surface area contributed by atoms with E-state index < -0.39 is 0 Å². The molecular formula is C19H15N3O2S. The molecule has 0 atom stereocenters. The van der Waals surface area contributed by atoms with Crippen LogP contribution in [0.15, 0.2) is 60.2 Å². The molecular weight excluding hydrogens is 334 g/mol. The maximum absolute atomic E-state index is 11.6. The molecule has 0 aliphatic heterocycles. The molecule has 2 aromatic carbocycles. The van der Waals surface area contributed by atoms with Crippen molar-refractivity contribution in [1.82, 2.24) is 14.5 Å². The van der Waals surface area contributed by atoms with Gasteiger partial charge in [0.15, 0.2) is 5.82 Å². The van der Waals surface area contributed by atoms with Gasteiger partial charge in [0, 0.05) is 12.7 Å². The van der Waals surface area contributed by atoms with Crippen molar-refractivity contribution in [2.45, 2.75) is 6.54 Å². The minimum absolute atomic E-state index is 0.329. The van der Waals surface area contributed by atoms with E-state index in [4.69, 9.17) is 9.72 Å². The molecule has 0 fully saturated rings.